The van der Waals surface area contributed by atoms with E-state index < -0.39 is 10.0 Å². The minimum Gasteiger partial charge on any atom is -0.348 e. The number of fused-ring (bicyclic) bond motifs is 3. The van der Waals surface area contributed by atoms with E-state index in [-0.39, 0.29) is 11.7 Å². The Morgan fingerprint density at radius 2 is 2.03 bits per heavy atom. The number of thioether (sulfide) groups is 1. The first kappa shape index (κ1) is 19.8. The van der Waals surface area contributed by atoms with E-state index in [1.165, 1.54) is 18.1 Å². The molecule has 2 aromatic carbocycles. The molecule has 0 unspecified atom stereocenters. The van der Waals surface area contributed by atoms with Gasteiger partial charge in [0.25, 0.3) is 15.9 Å². The van der Waals surface area contributed by atoms with Crippen LogP contribution in [0.25, 0.3) is 0 Å². The summed E-state index contributed by atoms with van der Waals surface area (Å²) in [5, 5.41) is 7.50. The molecule has 5 rings (SSSR count). The number of amides is 1. The largest absolute Gasteiger partial charge is 0.348 e. The number of nitrogens with zero attached hydrogens (tertiary/aromatic N) is 5. The lowest BCUT2D eigenvalue weighted by Crippen LogP contribution is -2.35. The van der Waals surface area contributed by atoms with Gasteiger partial charge in [0.1, 0.15) is 12.7 Å². The summed E-state index contributed by atoms with van der Waals surface area (Å²) in [5.74, 6) is -0.196. The van der Waals surface area contributed by atoms with Gasteiger partial charge in [0.2, 0.25) is 0 Å². The van der Waals surface area contributed by atoms with Crippen LogP contribution in [0.4, 0.5) is 5.69 Å². The summed E-state index contributed by atoms with van der Waals surface area (Å²) in [4.78, 5) is 19.3. The van der Waals surface area contributed by atoms with E-state index in [0.717, 1.165) is 21.7 Å². The molecule has 158 valence electrons. The minimum atomic E-state index is -3.40. The van der Waals surface area contributed by atoms with Gasteiger partial charge >= 0.3 is 0 Å². The number of hydrogen-bond donors (Lipinski definition) is 1. The lowest BCUT2D eigenvalue weighted by atomic mass is 10.1. The van der Waals surface area contributed by atoms with E-state index in [1.54, 1.807) is 23.1 Å². The molecule has 1 N–H and O–H groups in total. The zero-order valence-electron chi connectivity index (χ0n) is 16.3. The Morgan fingerprint density at radius 1 is 1.16 bits per heavy atom. The number of hydrogen-bond acceptors (Lipinski definition) is 7. The first-order valence-corrected chi connectivity index (χ1v) is 12.0. The Labute approximate surface area is 183 Å². The van der Waals surface area contributed by atoms with Crippen LogP contribution in [0, 0.1) is 0 Å². The van der Waals surface area contributed by atoms with Crippen molar-refractivity contribution >= 4 is 38.5 Å². The van der Waals surface area contributed by atoms with Crippen LogP contribution in [0.2, 0.25) is 0 Å². The average Bonchev–Trinajstić information content (AvgIpc) is 3.37. The van der Waals surface area contributed by atoms with Crippen molar-refractivity contribution in [3.63, 3.8) is 0 Å². The molecule has 0 radical (unpaired) electrons. The molecule has 31 heavy (non-hydrogen) atoms. The number of sulfonamides is 1. The van der Waals surface area contributed by atoms with Crippen molar-refractivity contribution < 1.29 is 13.2 Å². The van der Waals surface area contributed by atoms with Crippen LogP contribution < -0.4 is 10.2 Å². The fourth-order valence-electron chi connectivity index (χ4n) is 3.50. The van der Waals surface area contributed by atoms with Crippen molar-refractivity contribution in [1.29, 1.82) is 0 Å². The quantitative estimate of drug-likeness (QED) is 0.627. The molecule has 0 bridgehead atoms. The molecule has 0 spiro atoms. The molecular weight excluding hydrogens is 436 g/mol. The highest BCUT2D eigenvalue weighted by molar-refractivity contribution is 8.15. The fourth-order valence-corrected chi connectivity index (χ4v) is 5.79. The van der Waals surface area contributed by atoms with Crippen LogP contribution in [0.15, 0.2) is 64.4 Å². The lowest BCUT2D eigenvalue weighted by molar-refractivity contribution is 0.0950. The number of rotatable bonds is 5. The van der Waals surface area contributed by atoms with E-state index in [9.17, 15) is 13.2 Å². The number of benzene rings is 2. The highest BCUT2D eigenvalue weighted by Gasteiger charge is 2.33. The van der Waals surface area contributed by atoms with Crippen LogP contribution in [0.5, 0.6) is 0 Å². The second-order valence-corrected chi connectivity index (χ2v) is 9.96. The van der Waals surface area contributed by atoms with Crippen molar-refractivity contribution in [3.05, 3.63) is 71.8 Å². The SMILES string of the molecule is O=C(NCc1cccc(Cn2cncn2)c1)c1ccc2c(c1)SC1=NS(=O)(=O)CCN12. The van der Waals surface area contributed by atoms with Gasteiger partial charge in [0, 0.05) is 23.5 Å². The molecule has 2 aliphatic heterocycles. The van der Waals surface area contributed by atoms with Gasteiger partial charge in [0.15, 0.2) is 5.17 Å². The number of anilines is 1. The topological polar surface area (TPSA) is 110 Å². The summed E-state index contributed by atoms with van der Waals surface area (Å²) in [6.07, 6.45) is 3.16. The van der Waals surface area contributed by atoms with Gasteiger partial charge in [0.05, 0.1) is 18.0 Å². The van der Waals surface area contributed by atoms with Gasteiger partial charge < -0.3 is 10.2 Å². The van der Waals surface area contributed by atoms with Crippen molar-refractivity contribution in [2.24, 2.45) is 4.40 Å². The molecule has 2 aliphatic rings. The summed E-state index contributed by atoms with van der Waals surface area (Å²) in [7, 11) is -3.40. The summed E-state index contributed by atoms with van der Waals surface area (Å²) >= 11 is 1.28. The minimum absolute atomic E-state index is 0.00525. The Hall–Kier alpha value is -3.18. The highest BCUT2D eigenvalue weighted by Crippen LogP contribution is 2.42. The van der Waals surface area contributed by atoms with Gasteiger partial charge in [-0.15, -0.1) is 4.40 Å². The summed E-state index contributed by atoms with van der Waals surface area (Å²) in [5.41, 5.74) is 3.46. The number of carbonyl (C=O) groups excluding carboxylic acids is 1. The average molecular weight is 455 g/mol. The number of amidine groups is 1. The number of nitrogens with one attached hydrogen (secondary N) is 1. The predicted octanol–water partition coefficient (Wildman–Crippen LogP) is 1.87. The predicted molar refractivity (Wildman–Crippen MR) is 118 cm³/mol. The van der Waals surface area contributed by atoms with E-state index in [4.69, 9.17) is 0 Å². The second kappa shape index (κ2) is 7.82. The van der Waals surface area contributed by atoms with E-state index in [0.29, 0.717) is 30.4 Å². The molecule has 0 atom stereocenters. The first-order valence-electron chi connectivity index (χ1n) is 9.57. The van der Waals surface area contributed by atoms with Crippen LogP contribution in [0.3, 0.4) is 0 Å². The molecule has 11 heteroatoms. The fraction of sp³-hybridized carbons (Fsp3) is 0.200. The molecule has 0 saturated heterocycles. The van der Waals surface area contributed by atoms with Crippen molar-refractivity contribution in [1.82, 2.24) is 20.1 Å². The molecule has 9 nitrogen and oxygen atoms in total. The molecule has 3 aromatic rings. The smallest absolute Gasteiger partial charge is 0.257 e. The Balaban J connectivity index is 1.26. The van der Waals surface area contributed by atoms with Crippen LogP contribution in [-0.2, 0) is 23.1 Å². The highest BCUT2D eigenvalue weighted by atomic mass is 32.2. The van der Waals surface area contributed by atoms with E-state index >= 15 is 0 Å². The molecule has 0 saturated carbocycles. The maximum atomic E-state index is 12.7. The number of carbonyl (C=O) groups is 1. The maximum Gasteiger partial charge on any atom is 0.257 e. The third kappa shape index (κ3) is 4.19. The summed E-state index contributed by atoms with van der Waals surface area (Å²) < 4.78 is 29.1. The monoisotopic (exact) mass is 454 g/mol. The summed E-state index contributed by atoms with van der Waals surface area (Å²) in [6, 6.07) is 13.3. The van der Waals surface area contributed by atoms with Gasteiger partial charge in [-0.05, 0) is 41.1 Å². The number of aromatic nitrogens is 3. The summed E-state index contributed by atoms with van der Waals surface area (Å²) in [6.45, 7) is 1.38. The zero-order valence-corrected chi connectivity index (χ0v) is 17.9. The van der Waals surface area contributed by atoms with Gasteiger partial charge in [-0.2, -0.15) is 5.10 Å². The normalized spacial score (nSPS) is 16.4. The van der Waals surface area contributed by atoms with Gasteiger partial charge in [-0.3, -0.25) is 4.79 Å². The molecule has 0 fully saturated rings. The van der Waals surface area contributed by atoms with Crippen LogP contribution >= 0.6 is 11.8 Å². The standard InChI is InChI=1S/C20H18N6O3S2/c27-19(22-10-14-2-1-3-15(8-14)11-25-13-21-12-23-25)16-4-5-17-18(9-16)30-20-24-31(28,29)7-6-26(17)20/h1-5,8-9,12-13H,6-7,10-11H2,(H,22,27). The zero-order chi connectivity index (χ0) is 21.4. The van der Waals surface area contributed by atoms with Gasteiger partial charge in [-0.25, -0.2) is 18.1 Å². The Kier molecular flexibility index (Phi) is 4.98. The molecule has 0 aliphatic carbocycles. The third-order valence-electron chi connectivity index (χ3n) is 4.99. The lowest BCUT2D eigenvalue weighted by Gasteiger charge is -2.22. The van der Waals surface area contributed by atoms with Crippen molar-refractivity contribution in [3.8, 4) is 0 Å². The van der Waals surface area contributed by atoms with Crippen molar-refractivity contribution in [2.45, 2.75) is 18.0 Å². The van der Waals surface area contributed by atoms with Crippen LogP contribution in [0.1, 0.15) is 21.5 Å². The van der Waals surface area contributed by atoms with Crippen molar-refractivity contribution in [2.75, 3.05) is 17.2 Å². The van der Waals surface area contributed by atoms with E-state index in [1.807, 2.05) is 35.2 Å². The Bertz CT molecular complexity index is 1290. The molecule has 3 heterocycles. The van der Waals surface area contributed by atoms with Gasteiger partial charge in [-0.1, -0.05) is 24.3 Å². The first-order chi connectivity index (χ1) is 15.0. The third-order valence-corrected chi connectivity index (χ3v) is 7.30. The maximum absolute atomic E-state index is 12.7. The molecular formula is C20H18N6O3S2. The molecule has 1 amide bonds. The van der Waals surface area contributed by atoms with Crippen LogP contribution in [-0.4, -0.2) is 46.6 Å². The molecule has 1 aromatic heterocycles. The van der Waals surface area contributed by atoms with E-state index in [2.05, 4.69) is 19.8 Å². The second-order valence-electron chi connectivity index (χ2n) is 7.19. The Morgan fingerprint density at radius 3 is 2.87 bits per heavy atom.